The van der Waals surface area contributed by atoms with Crippen LogP contribution >= 0.6 is 0 Å². The number of anilines is 2. The maximum Gasteiger partial charge on any atom is 0.127 e. The molecule has 0 saturated carbocycles. The third-order valence-electron chi connectivity index (χ3n) is 2.95. The van der Waals surface area contributed by atoms with E-state index in [4.69, 9.17) is 4.74 Å². The molecule has 1 aromatic heterocycles. The summed E-state index contributed by atoms with van der Waals surface area (Å²) in [5.41, 5.74) is 1.13. The predicted molar refractivity (Wildman–Crippen MR) is 65.8 cm³/mol. The zero-order valence-corrected chi connectivity index (χ0v) is 9.70. The van der Waals surface area contributed by atoms with Crippen LogP contribution < -0.4 is 10.6 Å². The maximum atomic E-state index is 5.34. The Morgan fingerprint density at radius 1 is 1.44 bits per heavy atom. The first-order chi connectivity index (χ1) is 7.88. The van der Waals surface area contributed by atoms with E-state index in [1.165, 1.54) is 0 Å². The van der Waals surface area contributed by atoms with E-state index in [1.54, 1.807) is 0 Å². The quantitative estimate of drug-likeness (QED) is 0.816. The third kappa shape index (κ3) is 3.10. The summed E-state index contributed by atoms with van der Waals surface area (Å²) >= 11 is 0. The highest BCUT2D eigenvalue weighted by Gasteiger charge is 2.13. The van der Waals surface area contributed by atoms with Gasteiger partial charge in [-0.1, -0.05) is 0 Å². The van der Waals surface area contributed by atoms with Gasteiger partial charge >= 0.3 is 0 Å². The van der Waals surface area contributed by atoms with Gasteiger partial charge in [0.25, 0.3) is 0 Å². The summed E-state index contributed by atoms with van der Waals surface area (Å²) in [6.45, 7) is 2.84. The van der Waals surface area contributed by atoms with Crippen molar-refractivity contribution in [2.75, 3.05) is 37.4 Å². The van der Waals surface area contributed by atoms with Crippen LogP contribution in [0.1, 0.15) is 12.8 Å². The smallest absolute Gasteiger partial charge is 0.127 e. The Balaban J connectivity index is 1.83. The summed E-state index contributed by atoms with van der Waals surface area (Å²) < 4.78 is 5.34. The molecule has 0 amide bonds. The van der Waals surface area contributed by atoms with Crippen LogP contribution in [0.2, 0.25) is 0 Å². The minimum atomic E-state index is 0.736. The molecule has 2 heterocycles. The first kappa shape index (κ1) is 11.2. The molecule has 0 aromatic carbocycles. The predicted octanol–water partition coefficient (Wildman–Crippen LogP) is 1.96. The van der Waals surface area contributed by atoms with Crippen LogP contribution in [0.4, 0.5) is 11.5 Å². The topological polar surface area (TPSA) is 46.2 Å². The molecule has 0 unspecified atom stereocenters. The van der Waals surface area contributed by atoms with Crippen molar-refractivity contribution in [3.05, 3.63) is 18.3 Å². The second-order valence-electron chi connectivity index (χ2n) is 4.12. The summed E-state index contributed by atoms with van der Waals surface area (Å²) in [6.07, 6.45) is 4.14. The van der Waals surface area contributed by atoms with Gasteiger partial charge in [0.05, 0.1) is 0 Å². The Kier molecular flexibility index (Phi) is 3.99. The van der Waals surface area contributed by atoms with Gasteiger partial charge in [-0.15, -0.1) is 0 Å². The second-order valence-corrected chi connectivity index (χ2v) is 4.12. The molecule has 0 aliphatic carbocycles. The van der Waals surface area contributed by atoms with Crippen molar-refractivity contribution >= 4 is 11.5 Å². The number of pyridine rings is 1. The van der Waals surface area contributed by atoms with E-state index in [0.29, 0.717) is 0 Å². The molecule has 1 saturated heterocycles. The lowest BCUT2D eigenvalue weighted by molar-refractivity contribution is 0.0699. The molecule has 1 fully saturated rings. The van der Waals surface area contributed by atoms with Gasteiger partial charge in [0.1, 0.15) is 5.82 Å². The first-order valence-electron chi connectivity index (χ1n) is 5.84. The molecule has 1 aliphatic heterocycles. The normalized spacial score (nSPS) is 17.1. The Morgan fingerprint density at radius 2 is 2.25 bits per heavy atom. The Hall–Kier alpha value is -1.29. The molecule has 16 heavy (non-hydrogen) atoms. The minimum absolute atomic E-state index is 0.736. The van der Waals surface area contributed by atoms with E-state index in [1.807, 2.05) is 25.4 Å². The summed E-state index contributed by atoms with van der Waals surface area (Å²) in [6, 6.07) is 4.03. The number of hydrogen-bond acceptors (Lipinski definition) is 4. The molecule has 4 nitrogen and oxygen atoms in total. The van der Waals surface area contributed by atoms with Crippen molar-refractivity contribution < 1.29 is 4.74 Å². The van der Waals surface area contributed by atoms with Gasteiger partial charge in [-0.25, -0.2) is 4.98 Å². The molecule has 2 N–H and O–H groups in total. The molecule has 1 aromatic rings. The Morgan fingerprint density at radius 3 is 3.00 bits per heavy atom. The molecule has 0 bridgehead atoms. The SMILES string of the molecule is CNc1cc(NCC2CCOCC2)ccn1. The average molecular weight is 221 g/mol. The fraction of sp³-hybridized carbons (Fsp3) is 0.583. The maximum absolute atomic E-state index is 5.34. The van der Waals surface area contributed by atoms with Crippen LogP contribution in [0.5, 0.6) is 0 Å². The van der Waals surface area contributed by atoms with Crippen molar-refractivity contribution in [2.24, 2.45) is 5.92 Å². The molecule has 88 valence electrons. The third-order valence-corrected chi connectivity index (χ3v) is 2.95. The molecule has 4 heteroatoms. The number of nitrogens with zero attached hydrogens (tertiary/aromatic N) is 1. The van der Waals surface area contributed by atoms with Gasteiger partial charge in [-0.3, -0.25) is 0 Å². The summed E-state index contributed by atoms with van der Waals surface area (Å²) in [7, 11) is 1.88. The van der Waals surface area contributed by atoms with Crippen molar-refractivity contribution in [1.29, 1.82) is 0 Å². The number of ether oxygens (including phenoxy) is 1. The van der Waals surface area contributed by atoms with E-state index < -0.39 is 0 Å². The zero-order valence-electron chi connectivity index (χ0n) is 9.70. The largest absolute Gasteiger partial charge is 0.385 e. The number of aromatic nitrogens is 1. The average Bonchev–Trinajstić information content (AvgIpc) is 2.38. The Labute approximate surface area is 96.4 Å². The van der Waals surface area contributed by atoms with E-state index in [9.17, 15) is 0 Å². The molecular weight excluding hydrogens is 202 g/mol. The minimum Gasteiger partial charge on any atom is -0.385 e. The van der Waals surface area contributed by atoms with Gasteiger partial charge < -0.3 is 15.4 Å². The molecule has 1 aliphatic rings. The number of nitrogens with one attached hydrogen (secondary N) is 2. The number of hydrogen-bond donors (Lipinski definition) is 2. The van der Waals surface area contributed by atoms with Crippen molar-refractivity contribution in [2.45, 2.75) is 12.8 Å². The van der Waals surface area contributed by atoms with Gasteiger partial charge in [0.2, 0.25) is 0 Å². The van der Waals surface area contributed by atoms with Crippen molar-refractivity contribution in [1.82, 2.24) is 4.98 Å². The van der Waals surface area contributed by atoms with Gasteiger partial charge in [0, 0.05) is 44.8 Å². The molecule has 0 spiro atoms. The van der Waals surface area contributed by atoms with E-state index >= 15 is 0 Å². The summed E-state index contributed by atoms with van der Waals surface area (Å²) in [5, 5.41) is 6.49. The van der Waals surface area contributed by atoms with Crippen LogP contribution in [0.15, 0.2) is 18.3 Å². The lowest BCUT2D eigenvalue weighted by atomic mass is 10.0. The standard InChI is InChI=1S/C12H19N3O/c1-13-12-8-11(2-5-14-12)15-9-10-3-6-16-7-4-10/h2,5,8,10H,3-4,6-7,9H2,1H3,(H2,13,14,15). The highest BCUT2D eigenvalue weighted by molar-refractivity contribution is 5.51. The van der Waals surface area contributed by atoms with Gasteiger partial charge in [-0.05, 0) is 24.8 Å². The zero-order chi connectivity index (χ0) is 11.2. The lowest BCUT2D eigenvalue weighted by Crippen LogP contribution is -2.22. The van der Waals surface area contributed by atoms with Crippen molar-refractivity contribution in [3.63, 3.8) is 0 Å². The van der Waals surface area contributed by atoms with Crippen LogP contribution in [0, 0.1) is 5.92 Å². The second kappa shape index (κ2) is 5.70. The van der Waals surface area contributed by atoms with Gasteiger partial charge in [0.15, 0.2) is 0 Å². The summed E-state index contributed by atoms with van der Waals surface area (Å²) in [4.78, 5) is 4.18. The van der Waals surface area contributed by atoms with E-state index in [-0.39, 0.29) is 0 Å². The first-order valence-corrected chi connectivity index (χ1v) is 5.84. The van der Waals surface area contributed by atoms with Crippen LogP contribution in [-0.4, -0.2) is 31.8 Å². The Bertz CT molecular complexity index is 324. The molecule has 0 atom stereocenters. The highest BCUT2D eigenvalue weighted by Crippen LogP contribution is 2.17. The fourth-order valence-corrected chi connectivity index (χ4v) is 1.89. The van der Waals surface area contributed by atoms with Crippen LogP contribution in [-0.2, 0) is 4.74 Å². The van der Waals surface area contributed by atoms with Crippen molar-refractivity contribution in [3.8, 4) is 0 Å². The van der Waals surface area contributed by atoms with Crippen LogP contribution in [0.25, 0.3) is 0 Å². The molecule has 0 radical (unpaired) electrons. The van der Waals surface area contributed by atoms with E-state index in [0.717, 1.165) is 50.0 Å². The molecule has 2 rings (SSSR count). The fourth-order valence-electron chi connectivity index (χ4n) is 1.89. The van der Waals surface area contributed by atoms with E-state index in [2.05, 4.69) is 15.6 Å². The van der Waals surface area contributed by atoms with Crippen LogP contribution in [0.3, 0.4) is 0 Å². The molecular formula is C12H19N3O. The summed E-state index contributed by atoms with van der Waals surface area (Å²) in [5.74, 6) is 1.64. The highest BCUT2D eigenvalue weighted by atomic mass is 16.5. The number of rotatable bonds is 4. The van der Waals surface area contributed by atoms with Gasteiger partial charge in [-0.2, -0.15) is 0 Å². The monoisotopic (exact) mass is 221 g/mol. The lowest BCUT2D eigenvalue weighted by Gasteiger charge is -2.22.